The van der Waals surface area contributed by atoms with Crippen molar-refractivity contribution in [3.8, 4) is 17.2 Å². The predicted octanol–water partition coefficient (Wildman–Crippen LogP) is 2.73. The van der Waals surface area contributed by atoms with Gasteiger partial charge in [-0.2, -0.15) is 0 Å². The van der Waals surface area contributed by atoms with Gasteiger partial charge in [0.15, 0.2) is 11.5 Å². The van der Waals surface area contributed by atoms with Crippen LogP contribution >= 0.6 is 0 Å². The van der Waals surface area contributed by atoms with Crippen molar-refractivity contribution in [3.05, 3.63) is 48.0 Å². The molecule has 116 valence electrons. The predicted molar refractivity (Wildman–Crippen MR) is 83.5 cm³/mol. The molecule has 3 N–H and O–H groups in total. The number of rotatable bonds is 5. The monoisotopic (exact) mass is 302 g/mol. The number of methoxy groups -OCH3 is 2. The number of phenolic OH excluding ortho intramolecular Hbond substituents is 1. The fraction of sp³-hybridized carbons (Fsp3) is 0.188. The highest BCUT2D eigenvalue weighted by Crippen LogP contribution is 2.26. The Morgan fingerprint density at radius 3 is 2.55 bits per heavy atom. The molecule has 0 aliphatic rings. The Morgan fingerprint density at radius 1 is 1.09 bits per heavy atom. The van der Waals surface area contributed by atoms with E-state index in [0.29, 0.717) is 23.7 Å². The molecule has 6 nitrogen and oxygen atoms in total. The number of urea groups is 1. The zero-order chi connectivity index (χ0) is 15.9. The van der Waals surface area contributed by atoms with Crippen molar-refractivity contribution in [3.63, 3.8) is 0 Å². The largest absolute Gasteiger partial charge is 0.504 e. The molecular weight excluding hydrogens is 284 g/mol. The lowest BCUT2D eigenvalue weighted by atomic mass is 10.2. The van der Waals surface area contributed by atoms with E-state index in [1.165, 1.54) is 13.2 Å². The quantitative estimate of drug-likeness (QED) is 0.793. The zero-order valence-corrected chi connectivity index (χ0v) is 12.4. The van der Waals surface area contributed by atoms with E-state index < -0.39 is 0 Å². The van der Waals surface area contributed by atoms with Crippen LogP contribution in [-0.2, 0) is 6.54 Å². The normalized spacial score (nSPS) is 9.91. The summed E-state index contributed by atoms with van der Waals surface area (Å²) in [6, 6.07) is 11.7. The van der Waals surface area contributed by atoms with Crippen LogP contribution in [0.1, 0.15) is 5.56 Å². The highest BCUT2D eigenvalue weighted by molar-refractivity contribution is 5.90. The number of phenols is 1. The number of carbonyl (C=O) groups is 1. The lowest BCUT2D eigenvalue weighted by molar-refractivity contribution is 0.251. The second kappa shape index (κ2) is 7.21. The number of benzene rings is 2. The third kappa shape index (κ3) is 3.82. The minimum atomic E-state index is -0.350. The Labute approximate surface area is 128 Å². The summed E-state index contributed by atoms with van der Waals surface area (Å²) in [4.78, 5) is 11.9. The van der Waals surface area contributed by atoms with Gasteiger partial charge in [-0.05, 0) is 29.8 Å². The van der Waals surface area contributed by atoms with Crippen molar-refractivity contribution in [1.29, 1.82) is 0 Å². The summed E-state index contributed by atoms with van der Waals surface area (Å²) >= 11 is 0. The Hall–Kier alpha value is -2.89. The average Bonchev–Trinajstić information content (AvgIpc) is 2.54. The van der Waals surface area contributed by atoms with Crippen LogP contribution < -0.4 is 20.1 Å². The van der Waals surface area contributed by atoms with Crippen molar-refractivity contribution in [2.24, 2.45) is 0 Å². The van der Waals surface area contributed by atoms with Gasteiger partial charge in [0.2, 0.25) is 0 Å². The van der Waals surface area contributed by atoms with E-state index in [4.69, 9.17) is 9.47 Å². The summed E-state index contributed by atoms with van der Waals surface area (Å²) in [7, 11) is 3.02. The lowest BCUT2D eigenvalue weighted by Gasteiger charge is -2.11. The highest BCUT2D eigenvalue weighted by atomic mass is 16.5. The summed E-state index contributed by atoms with van der Waals surface area (Å²) in [5, 5.41) is 15.0. The van der Waals surface area contributed by atoms with Crippen molar-refractivity contribution in [1.82, 2.24) is 5.32 Å². The molecular formula is C16H18N2O4. The molecule has 22 heavy (non-hydrogen) atoms. The number of ether oxygens (including phenoxy) is 2. The van der Waals surface area contributed by atoms with Crippen LogP contribution in [0, 0.1) is 0 Å². The first-order chi connectivity index (χ1) is 10.6. The number of carbonyl (C=O) groups excluding carboxylic acids is 1. The maximum atomic E-state index is 11.9. The zero-order valence-electron chi connectivity index (χ0n) is 12.4. The second-order valence-electron chi connectivity index (χ2n) is 4.51. The van der Waals surface area contributed by atoms with Crippen LogP contribution in [-0.4, -0.2) is 25.4 Å². The number of aromatic hydroxyl groups is 1. The fourth-order valence-corrected chi connectivity index (χ4v) is 1.93. The molecule has 0 radical (unpaired) electrons. The molecule has 6 heteroatoms. The molecule has 0 fully saturated rings. The molecule has 0 atom stereocenters. The molecule has 0 saturated heterocycles. The molecule has 0 bridgehead atoms. The number of hydrogen-bond acceptors (Lipinski definition) is 4. The minimum absolute atomic E-state index is 0.0599. The van der Waals surface area contributed by atoms with Gasteiger partial charge in [0.25, 0.3) is 0 Å². The second-order valence-corrected chi connectivity index (χ2v) is 4.51. The molecule has 2 aromatic rings. The van der Waals surface area contributed by atoms with E-state index in [-0.39, 0.29) is 11.8 Å². The standard InChI is InChI=1S/C16H18N2O4/c1-21-14-6-4-3-5-12(14)18-16(20)17-10-11-7-8-13(19)15(9-11)22-2/h3-9,19H,10H2,1-2H3,(H2,17,18,20). The first-order valence-corrected chi connectivity index (χ1v) is 6.67. The lowest BCUT2D eigenvalue weighted by Crippen LogP contribution is -2.28. The summed E-state index contributed by atoms with van der Waals surface area (Å²) in [5.41, 5.74) is 1.40. The maximum Gasteiger partial charge on any atom is 0.319 e. The Bertz CT molecular complexity index is 658. The third-order valence-corrected chi connectivity index (χ3v) is 3.05. The number of amides is 2. The molecule has 0 heterocycles. The van der Waals surface area contributed by atoms with Gasteiger partial charge in [0.05, 0.1) is 19.9 Å². The van der Waals surface area contributed by atoms with Crippen LogP contribution in [0.2, 0.25) is 0 Å². The molecule has 0 spiro atoms. The van der Waals surface area contributed by atoms with Crippen LogP contribution in [0.5, 0.6) is 17.2 Å². The van der Waals surface area contributed by atoms with Crippen LogP contribution in [0.3, 0.4) is 0 Å². The van der Waals surface area contributed by atoms with E-state index in [9.17, 15) is 9.90 Å². The number of hydrogen-bond donors (Lipinski definition) is 3. The van der Waals surface area contributed by atoms with Gasteiger partial charge in [0.1, 0.15) is 5.75 Å². The minimum Gasteiger partial charge on any atom is -0.504 e. The number of anilines is 1. The Kier molecular flexibility index (Phi) is 5.08. The van der Waals surface area contributed by atoms with Crippen molar-refractivity contribution >= 4 is 11.7 Å². The molecule has 2 aromatic carbocycles. The topological polar surface area (TPSA) is 79.8 Å². The van der Waals surface area contributed by atoms with Gasteiger partial charge < -0.3 is 25.2 Å². The van der Waals surface area contributed by atoms with E-state index in [2.05, 4.69) is 10.6 Å². The highest BCUT2D eigenvalue weighted by Gasteiger charge is 2.07. The SMILES string of the molecule is COc1cc(CNC(=O)Nc2ccccc2OC)ccc1O. The summed E-state index contributed by atoms with van der Waals surface area (Å²) in [5.74, 6) is 1.01. The van der Waals surface area contributed by atoms with Gasteiger partial charge in [-0.15, -0.1) is 0 Å². The average molecular weight is 302 g/mol. The molecule has 0 aromatic heterocycles. The van der Waals surface area contributed by atoms with Gasteiger partial charge in [-0.1, -0.05) is 18.2 Å². The summed E-state index contributed by atoms with van der Waals surface area (Å²) < 4.78 is 10.2. The van der Waals surface area contributed by atoms with Crippen LogP contribution in [0.4, 0.5) is 10.5 Å². The maximum absolute atomic E-state index is 11.9. The van der Waals surface area contributed by atoms with Crippen molar-refractivity contribution in [2.75, 3.05) is 19.5 Å². The number of para-hydroxylation sites is 2. The fourth-order valence-electron chi connectivity index (χ4n) is 1.93. The molecule has 2 amide bonds. The molecule has 0 unspecified atom stereocenters. The van der Waals surface area contributed by atoms with Crippen LogP contribution in [0.15, 0.2) is 42.5 Å². The van der Waals surface area contributed by atoms with Gasteiger partial charge >= 0.3 is 6.03 Å². The molecule has 0 saturated carbocycles. The molecule has 0 aliphatic carbocycles. The third-order valence-electron chi connectivity index (χ3n) is 3.05. The molecule has 0 aliphatic heterocycles. The first kappa shape index (κ1) is 15.5. The van der Waals surface area contributed by atoms with Crippen LogP contribution in [0.25, 0.3) is 0 Å². The summed E-state index contributed by atoms with van der Waals surface area (Å²) in [6.45, 7) is 0.303. The first-order valence-electron chi connectivity index (χ1n) is 6.67. The van der Waals surface area contributed by atoms with E-state index >= 15 is 0 Å². The van der Waals surface area contributed by atoms with E-state index in [1.54, 1.807) is 31.4 Å². The van der Waals surface area contributed by atoms with Crippen molar-refractivity contribution < 1.29 is 19.4 Å². The van der Waals surface area contributed by atoms with Gasteiger partial charge in [0, 0.05) is 6.54 Å². The van der Waals surface area contributed by atoms with Crippen molar-refractivity contribution in [2.45, 2.75) is 6.54 Å². The van der Waals surface area contributed by atoms with Gasteiger partial charge in [-0.25, -0.2) is 4.79 Å². The Morgan fingerprint density at radius 2 is 1.82 bits per heavy atom. The smallest absolute Gasteiger partial charge is 0.319 e. The Balaban J connectivity index is 1.95. The molecule has 2 rings (SSSR count). The summed E-state index contributed by atoms with van der Waals surface area (Å²) in [6.07, 6.45) is 0. The van der Waals surface area contributed by atoms with E-state index in [1.807, 2.05) is 12.1 Å². The van der Waals surface area contributed by atoms with E-state index in [0.717, 1.165) is 5.56 Å². The van der Waals surface area contributed by atoms with Gasteiger partial charge in [-0.3, -0.25) is 0 Å². The number of nitrogens with one attached hydrogen (secondary N) is 2.